The number of halogens is 2. The third-order valence-electron chi connectivity index (χ3n) is 1.68. The van der Waals surface area contributed by atoms with Crippen LogP contribution in [-0.2, 0) is 4.79 Å². The molecule has 1 rings (SSSR count). The molecular weight excluding hydrogens is 223 g/mol. The zero-order valence-electron chi connectivity index (χ0n) is 7.60. The fourth-order valence-corrected chi connectivity index (χ4v) is 1.39. The Balaban J connectivity index is 2.95. The first-order valence-electron chi connectivity index (χ1n) is 4.09. The van der Waals surface area contributed by atoms with Crippen LogP contribution in [0.2, 0.25) is 10.0 Å². The third kappa shape index (κ3) is 2.53. The monoisotopic (exact) mass is 232 g/mol. The number of hydrogen-bond acceptors (Lipinski definition) is 2. The van der Waals surface area contributed by atoms with E-state index in [0.29, 0.717) is 27.8 Å². The van der Waals surface area contributed by atoms with Crippen LogP contribution in [0.25, 0.3) is 0 Å². The SMILES string of the molecule is CCC(=O)Nc1cc(Cl)c(N)c(Cl)c1. The Bertz CT molecular complexity index is 343. The molecular formula is C9H10Cl2N2O. The van der Waals surface area contributed by atoms with E-state index in [1.807, 2.05) is 0 Å². The lowest BCUT2D eigenvalue weighted by atomic mass is 10.2. The molecule has 1 aromatic rings. The molecule has 1 aromatic carbocycles. The lowest BCUT2D eigenvalue weighted by Gasteiger charge is -2.07. The summed E-state index contributed by atoms with van der Waals surface area (Å²) in [7, 11) is 0. The predicted molar refractivity (Wildman–Crippen MR) is 59.8 cm³/mol. The Morgan fingerprint density at radius 1 is 1.43 bits per heavy atom. The zero-order valence-corrected chi connectivity index (χ0v) is 9.12. The minimum atomic E-state index is -0.0955. The van der Waals surface area contributed by atoms with Crippen LogP contribution in [0.3, 0.4) is 0 Å². The fraction of sp³-hybridized carbons (Fsp3) is 0.222. The van der Waals surface area contributed by atoms with Crippen molar-refractivity contribution in [2.45, 2.75) is 13.3 Å². The highest BCUT2D eigenvalue weighted by Crippen LogP contribution is 2.31. The smallest absolute Gasteiger partial charge is 0.224 e. The number of carbonyl (C=O) groups is 1. The van der Waals surface area contributed by atoms with E-state index >= 15 is 0 Å². The van der Waals surface area contributed by atoms with Gasteiger partial charge in [0.1, 0.15) is 0 Å². The van der Waals surface area contributed by atoms with Crippen molar-refractivity contribution >= 4 is 40.5 Å². The van der Waals surface area contributed by atoms with Gasteiger partial charge in [-0.25, -0.2) is 0 Å². The normalized spacial score (nSPS) is 9.93. The van der Waals surface area contributed by atoms with E-state index in [1.54, 1.807) is 19.1 Å². The molecule has 3 nitrogen and oxygen atoms in total. The number of benzene rings is 1. The predicted octanol–water partition coefficient (Wildman–Crippen LogP) is 2.92. The maximum absolute atomic E-state index is 11.1. The number of amides is 1. The van der Waals surface area contributed by atoms with Crippen LogP contribution in [0, 0.1) is 0 Å². The van der Waals surface area contributed by atoms with Crippen molar-refractivity contribution in [3.8, 4) is 0 Å². The maximum atomic E-state index is 11.1. The average Bonchev–Trinajstić information content (AvgIpc) is 2.14. The van der Waals surface area contributed by atoms with E-state index in [4.69, 9.17) is 28.9 Å². The van der Waals surface area contributed by atoms with Gasteiger partial charge in [0.15, 0.2) is 0 Å². The Labute approximate surface area is 92.2 Å². The summed E-state index contributed by atoms with van der Waals surface area (Å²) in [6.45, 7) is 1.76. The first kappa shape index (κ1) is 11.1. The van der Waals surface area contributed by atoms with Gasteiger partial charge in [-0.3, -0.25) is 4.79 Å². The standard InChI is InChI=1S/C9H10Cl2N2O/c1-2-8(14)13-5-3-6(10)9(12)7(11)4-5/h3-4H,2,12H2,1H3,(H,13,14). The summed E-state index contributed by atoms with van der Waals surface area (Å²) in [6.07, 6.45) is 0.402. The summed E-state index contributed by atoms with van der Waals surface area (Å²) >= 11 is 11.6. The van der Waals surface area contributed by atoms with Crippen LogP contribution in [-0.4, -0.2) is 5.91 Å². The van der Waals surface area contributed by atoms with Crippen LogP contribution in [0.5, 0.6) is 0 Å². The first-order valence-corrected chi connectivity index (χ1v) is 4.84. The van der Waals surface area contributed by atoms with E-state index in [9.17, 15) is 4.79 Å². The molecule has 0 bridgehead atoms. The minimum Gasteiger partial charge on any atom is -0.396 e. The molecule has 0 radical (unpaired) electrons. The lowest BCUT2D eigenvalue weighted by Crippen LogP contribution is -2.09. The summed E-state index contributed by atoms with van der Waals surface area (Å²) in [5.74, 6) is -0.0955. The number of nitrogen functional groups attached to an aromatic ring is 1. The molecule has 0 aromatic heterocycles. The topological polar surface area (TPSA) is 55.1 Å². The van der Waals surface area contributed by atoms with E-state index in [2.05, 4.69) is 5.32 Å². The van der Waals surface area contributed by atoms with E-state index in [1.165, 1.54) is 0 Å². The molecule has 3 N–H and O–H groups in total. The summed E-state index contributed by atoms with van der Waals surface area (Å²) < 4.78 is 0. The van der Waals surface area contributed by atoms with Crippen molar-refractivity contribution in [3.63, 3.8) is 0 Å². The highest BCUT2D eigenvalue weighted by Gasteiger charge is 2.06. The van der Waals surface area contributed by atoms with Crippen molar-refractivity contribution in [3.05, 3.63) is 22.2 Å². The second-order valence-corrected chi connectivity index (χ2v) is 3.57. The summed E-state index contributed by atoms with van der Waals surface area (Å²) in [5.41, 5.74) is 6.42. The van der Waals surface area contributed by atoms with Crippen molar-refractivity contribution < 1.29 is 4.79 Å². The van der Waals surface area contributed by atoms with Crippen molar-refractivity contribution in [2.24, 2.45) is 0 Å². The molecule has 0 spiro atoms. The van der Waals surface area contributed by atoms with Gasteiger partial charge in [-0.2, -0.15) is 0 Å². The summed E-state index contributed by atoms with van der Waals surface area (Å²) in [5, 5.41) is 3.31. The van der Waals surface area contributed by atoms with E-state index in [0.717, 1.165) is 0 Å². The molecule has 0 aliphatic carbocycles. The molecule has 0 fully saturated rings. The Morgan fingerprint density at radius 2 is 1.93 bits per heavy atom. The quantitative estimate of drug-likeness (QED) is 0.771. The van der Waals surface area contributed by atoms with Crippen LogP contribution in [0.15, 0.2) is 12.1 Å². The highest BCUT2D eigenvalue weighted by atomic mass is 35.5. The van der Waals surface area contributed by atoms with Crippen molar-refractivity contribution in [1.29, 1.82) is 0 Å². The lowest BCUT2D eigenvalue weighted by molar-refractivity contribution is -0.115. The van der Waals surface area contributed by atoms with Gasteiger partial charge in [-0.05, 0) is 12.1 Å². The molecule has 5 heteroatoms. The highest BCUT2D eigenvalue weighted by molar-refractivity contribution is 6.39. The Kier molecular flexibility index (Phi) is 3.61. The molecule has 0 saturated heterocycles. The van der Waals surface area contributed by atoms with Crippen LogP contribution in [0.4, 0.5) is 11.4 Å². The second-order valence-electron chi connectivity index (χ2n) is 2.76. The molecule has 0 aliphatic rings. The minimum absolute atomic E-state index is 0.0955. The average molecular weight is 233 g/mol. The largest absolute Gasteiger partial charge is 0.396 e. The number of hydrogen-bond donors (Lipinski definition) is 2. The van der Waals surface area contributed by atoms with Gasteiger partial charge < -0.3 is 11.1 Å². The van der Waals surface area contributed by atoms with Gasteiger partial charge >= 0.3 is 0 Å². The maximum Gasteiger partial charge on any atom is 0.224 e. The van der Waals surface area contributed by atoms with E-state index in [-0.39, 0.29) is 5.91 Å². The van der Waals surface area contributed by atoms with E-state index < -0.39 is 0 Å². The molecule has 76 valence electrons. The van der Waals surface area contributed by atoms with Gasteiger partial charge in [0.05, 0.1) is 15.7 Å². The van der Waals surface area contributed by atoms with Crippen LogP contribution >= 0.6 is 23.2 Å². The number of nitrogens with two attached hydrogens (primary N) is 1. The molecule has 0 saturated carbocycles. The van der Waals surface area contributed by atoms with Crippen molar-refractivity contribution in [1.82, 2.24) is 0 Å². The van der Waals surface area contributed by atoms with Gasteiger partial charge in [-0.1, -0.05) is 30.1 Å². The van der Waals surface area contributed by atoms with Gasteiger partial charge in [0.25, 0.3) is 0 Å². The number of carbonyl (C=O) groups excluding carboxylic acids is 1. The summed E-state index contributed by atoms with van der Waals surface area (Å²) in [6, 6.07) is 3.13. The molecule has 14 heavy (non-hydrogen) atoms. The zero-order chi connectivity index (χ0) is 10.7. The molecule has 0 heterocycles. The molecule has 1 amide bonds. The fourth-order valence-electron chi connectivity index (χ4n) is 0.906. The van der Waals surface area contributed by atoms with Crippen LogP contribution in [0.1, 0.15) is 13.3 Å². The Morgan fingerprint density at radius 3 is 2.36 bits per heavy atom. The molecule has 0 aliphatic heterocycles. The van der Waals surface area contributed by atoms with Gasteiger partial charge in [-0.15, -0.1) is 0 Å². The Hall–Kier alpha value is -0.930. The first-order chi connectivity index (χ1) is 6.54. The molecule has 0 atom stereocenters. The summed E-state index contributed by atoms with van der Waals surface area (Å²) in [4.78, 5) is 11.1. The van der Waals surface area contributed by atoms with Gasteiger partial charge in [0, 0.05) is 12.1 Å². The third-order valence-corrected chi connectivity index (χ3v) is 2.31. The van der Waals surface area contributed by atoms with Crippen molar-refractivity contribution in [2.75, 3.05) is 11.1 Å². The molecule has 0 unspecified atom stereocenters. The second kappa shape index (κ2) is 4.53. The number of nitrogens with one attached hydrogen (secondary N) is 1. The number of anilines is 2. The number of rotatable bonds is 2. The van der Waals surface area contributed by atoms with Crippen LogP contribution < -0.4 is 11.1 Å². The van der Waals surface area contributed by atoms with Gasteiger partial charge in [0.2, 0.25) is 5.91 Å².